The number of benzene rings is 3. The van der Waals surface area contributed by atoms with E-state index < -0.39 is 28.5 Å². The first-order valence-electron chi connectivity index (χ1n) is 14.4. The number of anilines is 1. The molecule has 2 amide bonds. The predicted molar refractivity (Wildman–Crippen MR) is 172 cm³/mol. The Labute approximate surface area is 258 Å². The fourth-order valence-electron chi connectivity index (χ4n) is 5.50. The van der Waals surface area contributed by atoms with Crippen molar-refractivity contribution >= 4 is 43.5 Å². The van der Waals surface area contributed by atoms with E-state index in [2.05, 4.69) is 21.2 Å². The van der Waals surface area contributed by atoms with E-state index in [0.717, 1.165) is 69.4 Å². The fraction of sp³-hybridized carbons (Fsp3) is 0.394. The van der Waals surface area contributed by atoms with Gasteiger partial charge in [-0.05, 0) is 61.6 Å². The second kappa shape index (κ2) is 14.3. The maximum Gasteiger partial charge on any atom is 0.244 e. The zero-order chi connectivity index (χ0) is 30.3. The minimum Gasteiger partial charge on any atom is -0.352 e. The van der Waals surface area contributed by atoms with Gasteiger partial charge in [-0.25, -0.2) is 8.42 Å². The summed E-state index contributed by atoms with van der Waals surface area (Å²) in [5.74, 6) is -0.653. The Kier molecular flexibility index (Phi) is 10.8. The molecule has 4 rings (SSSR count). The van der Waals surface area contributed by atoms with E-state index in [-0.39, 0.29) is 18.5 Å². The van der Waals surface area contributed by atoms with Crippen LogP contribution in [0.5, 0.6) is 0 Å². The molecular formula is C33H40BrN3O4S. The van der Waals surface area contributed by atoms with Crippen LogP contribution in [0.1, 0.15) is 54.4 Å². The first-order chi connectivity index (χ1) is 20.0. The van der Waals surface area contributed by atoms with Gasteiger partial charge in [0.2, 0.25) is 21.8 Å². The second-order valence-electron chi connectivity index (χ2n) is 11.3. The van der Waals surface area contributed by atoms with Crippen molar-refractivity contribution in [3.05, 3.63) is 99.5 Å². The minimum atomic E-state index is -3.81. The maximum atomic E-state index is 14.3. The van der Waals surface area contributed by atoms with E-state index in [4.69, 9.17) is 0 Å². The van der Waals surface area contributed by atoms with Crippen molar-refractivity contribution in [3.63, 3.8) is 0 Å². The first kappa shape index (κ1) is 31.8. The quantitative estimate of drug-likeness (QED) is 0.278. The molecule has 7 nitrogen and oxygen atoms in total. The van der Waals surface area contributed by atoms with Crippen LogP contribution in [0.2, 0.25) is 0 Å². The molecule has 0 aromatic heterocycles. The minimum absolute atomic E-state index is 0.0682. The molecule has 0 radical (unpaired) electrons. The smallest absolute Gasteiger partial charge is 0.244 e. The van der Waals surface area contributed by atoms with Gasteiger partial charge in [0.05, 0.1) is 11.9 Å². The average Bonchev–Trinajstić information content (AvgIpc) is 2.95. The lowest BCUT2D eigenvalue weighted by Gasteiger charge is -2.35. The standard InChI is InChI=1S/C33H40BrN3O4S/c1-24-11-10-14-27(19-24)22-36(32(38)23-37(42(3,40)41)29-17-18-30(34)25(2)20-29)31(21-26-12-6-4-7-13-26)33(39)35-28-15-8-5-9-16-28/h4,6-7,10-14,17-20,28,31H,5,8-9,15-16,21-23H2,1-3H3,(H,35,39)/t31-/m1/s1. The van der Waals surface area contributed by atoms with Gasteiger partial charge in [0.15, 0.2) is 0 Å². The van der Waals surface area contributed by atoms with Crippen molar-refractivity contribution in [2.45, 2.75) is 71.0 Å². The average molecular weight is 655 g/mol. The number of nitrogens with one attached hydrogen (secondary N) is 1. The van der Waals surface area contributed by atoms with Gasteiger partial charge in [-0.2, -0.15) is 0 Å². The molecule has 42 heavy (non-hydrogen) atoms. The predicted octanol–water partition coefficient (Wildman–Crippen LogP) is 5.92. The molecule has 1 aliphatic carbocycles. The molecule has 0 aliphatic heterocycles. The molecule has 1 N–H and O–H groups in total. The number of hydrogen-bond acceptors (Lipinski definition) is 4. The van der Waals surface area contributed by atoms with Crippen LogP contribution in [-0.4, -0.2) is 50.0 Å². The summed E-state index contributed by atoms with van der Waals surface area (Å²) in [7, 11) is -3.81. The number of rotatable bonds is 11. The van der Waals surface area contributed by atoms with Crippen molar-refractivity contribution in [2.24, 2.45) is 0 Å². The van der Waals surface area contributed by atoms with Gasteiger partial charge in [-0.15, -0.1) is 0 Å². The van der Waals surface area contributed by atoms with Crippen LogP contribution < -0.4 is 9.62 Å². The van der Waals surface area contributed by atoms with E-state index in [1.54, 1.807) is 23.1 Å². The highest BCUT2D eigenvalue weighted by atomic mass is 79.9. The lowest BCUT2D eigenvalue weighted by atomic mass is 9.94. The molecule has 9 heteroatoms. The largest absolute Gasteiger partial charge is 0.352 e. The number of nitrogens with zero attached hydrogens (tertiary/aromatic N) is 2. The summed E-state index contributed by atoms with van der Waals surface area (Å²) in [4.78, 5) is 29.8. The van der Waals surface area contributed by atoms with Crippen molar-refractivity contribution in [3.8, 4) is 0 Å². The zero-order valence-electron chi connectivity index (χ0n) is 24.6. The summed E-state index contributed by atoms with van der Waals surface area (Å²) >= 11 is 3.47. The number of amides is 2. The zero-order valence-corrected chi connectivity index (χ0v) is 27.0. The Morgan fingerprint density at radius 2 is 1.62 bits per heavy atom. The molecule has 3 aromatic rings. The molecule has 1 fully saturated rings. The van der Waals surface area contributed by atoms with Crippen LogP contribution in [0.15, 0.2) is 77.3 Å². The van der Waals surface area contributed by atoms with Crippen LogP contribution in [-0.2, 0) is 32.6 Å². The summed E-state index contributed by atoms with van der Waals surface area (Å²) in [6, 6.07) is 21.9. The summed E-state index contributed by atoms with van der Waals surface area (Å²) in [5, 5.41) is 3.23. The number of sulfonamides is 1. The monoisotopic (exact) mass is 653 g/mol. The highest BCUT2D eigenvalue weighted by Crippen LogP contribution is 2.26. The third-order valence-electron chi connectivity index (χ3n) is 7.77. The summed E-state index contributed by atoms with van der Waals surface area (Å²) in [6.07, 6.45) is 6.54. The summed E-state index contributed by atoms with van der Waals surface area (Å²) in [5.41, 5.74) is 4.07. The number of carbonyl (C=O) groups excluding carboxylic acids is 2. The van der Waals surface area contributed by atoms with Gasteiger partial charge in [-0.3, -0.25) is 13.9 Å². The number of hydrogen-bond donors (Lipinski definition) is 1. The molecule has 0 bridgehead atoms. The fourth-order valence-corrected chi connectivity index (χ4v) is 6.59. The Balaban J connectivity index is 1.73. The number of halogens is 1. The molecule has 1 atom stereocenters. The molecular weight excluding hydrogens is 614 g/mol. The van der Waals surface area contributed by atoms with Gasteiger partial charge in [-0.1, -0.05) is 95.4 Å². The van der Waals surface area contributed by atoms with Gasteiger partial charge in [0, 0.05) is 23.5 Å². The summed E-state index contributed by atoms with van der Waals surface area (Å²) in [6.45, 7) is 3.60. The van der Waals surface area contributed by atoms with Crippen LogP contribution in [0.25, 0.3) is 0 Å². The van der Waals surface area contributed by atoms with Crippen LogP contribution >= 0.6 is 15.9 Å². The first-order valence-corrected chi connectivity index (χ1v) is 17.1. The second-order valence-corrected chi connectivity index (χ2v) is 14.0. The normalized spacial score (nSPS) is 14.7. The van der Waals surface area contributed by atoms with Gasteiger partial charge in [0.1, 0.15) is 12.6 Å². The maximum absolute atomic E-state index is 14.3. The third kappa shape index (κ3) is 8.67. The van der Waals surface area contributed by atoms with E-state index in [9.17, 15) is 18.0 Å². The van der Waals surface area contributed by atoms with Crippen LogP contribution in [0.4, 0.5) is 5.69 Å². The SMILES string of the molecule is Cc1cccc(CN(C(=O)CN(c2ccc(Br)c(C)c2)S(C)(=O)=O)[C@H](Cc2ccccc2)C(=O)NC2CCCCC2)c1. The van der Waals surface area contributed by atoms with Crippen molar-refractivity contribution in [1.82, 2.24) is 10.2 Å². The molecule has 224 valence electrons. The number of carbonyl (C=O) groups is 2. The molecule has 1 saturated carbocycles. The Morgan fingerprint density at radius 1 is 0.929 bits per heavy atom. The van der Waals surface area contributed by atoms with Gasteiger partial charge >= 0.3 is 0 Å². The van der Waals surface area contributed by atoms with Gasteiger partial charge in [0.25, 0.3) is 0 Å². The van der Waals surface area contributed by atoms with Gasteiger partial charge < -0.3 is 10.2 Å². The highest BCUT2D eigenvalue weighted by Gasteiger charge is 2.34. The molecule has 0 saturated heterocycles. The van der Waals surface area contributed by atoms with E-state index in [1.807, 2.05) is 68.4 Å². The highest BCUT2D eigenvalue weighted by molar-refractivity contribution is 9.10. The Morgan fingerprint density at radius 3 is 2.26 bits per heavy atom. The third-order valence-corrected chi connectivity index (χ3v) is 9.80. The lowest BCUT2D eigenvalue weighted by Crippen LogP contribution is -2.55. The Hall–Kier alpha value is -3.17. The van der Waals surface area contributed by atoms with E-state index in [1.165, 1.54) is 0 Å². The Bertz CT molecular complexity index is 1490. The van der Waals surface area contributed by atoms with Crippen LogP contribution in [0.3, 0.4) is 0 Å². The molecule has 1 aliphatic rings. The summed E-state index contributed by atoms with van der Waals surface area (Å²) < 4.78 is 28.0. The molecule has 0 unspecified atom stereocenters. The lowest BCUT2D eigenvalue weighted by molar-refractivity contribution is -0.140. The topological polar surface area (TPSA) is 86.8 Å². The van der Waals surface area contributed by atoms with E-state index in [0.29, 0.717) is 12.1 Å². The van der Waals surface area contributed by atoms with Crippen molar-refractivity contribution in [2.75, 3.05) is 17.1 Å². The van der Waals surface area contributed by atoms with Crippen molar-refractivity contribution in [1.29, 1.82) is 0 Å². The molecule has 0 heterocycles. The number of aryl methyl sites for hydroxylation is 2. The molecule has 0 spiro atoms. The molecule has 3 aromatic carbocycles. The van der Waals surface area contributed by atoms with Crippen molar-refractivity contribution < 1.29 is 18.0 Å². The van der Waals surface area contributed by atoms with Crippen LogP contribution in [0, 0.1) is 13.8 Å². The van der Waals surface area contributed by atoms with E-state index >= 15 is 0 Å².